The van der Waals surface area contributed by atoms with Gasteiger partial charge in [-0.05, 0) is 31.5 Å². The Morgan fingerprint density at radius 1 is 1.33 bits per heavy atom. The number of halogens is 3. The van der Waals surface area contributed by atoms with Crippen LogP contribution in [-0.4, -0.2) is 28.9 Å². The molecule has 0 aliphatic heterocycles. The number of carbonyl (C=O) groups excluding carboxylic acids is 1. The van der Waals surface area contributed by atoms with Crippen LogP contribution >= 0.6 is 0 Å². The Bertz CT molecular complexity index is 835. The van der Waals surface area contributed by atoms with Crippen LogP contribution in [0.1, 0.15) is 11.3 Å². The first kappa shape index (κ1) is 17.7. The van der Waals surface area contributed by atoms with Gasteiger partial charge in [0.2, 0.25) is 5.76 Å². The maximum absolute atomic E-state index is 12.3. The van der Waals surface area contributed by atoms with Crippen molar-refractivity contribution in [2.24, 2.45) is 7.05 Å². The molecule has 0 spiro atoms. The van der Waals surface area contributed by atoms with Gasteiger partial charge in [0.05, 0.1) is 24.4 Å². The third-order valence-electron chi connectivity index (χ3n) is 3.95. The predicted octanol–water partition coefficient (Wildman–Crippen LogP) is 3.75. The summed E-state index contributed by atoms with van der Waals surface area (Å²) in [6.45, 7) is 3.88. The number of aryl methyl sites for hydroxylation is 2. The topological polar surface area (TPSA) is 63.5 Å². The summed E-state index contributed by atoms with van der Waals surface area (Å²) in [7, 11) is 3.24. The summed E-state index contributed by atoms with van der Waals surface area (Å²) in [5.74, 6) is -2.76. The third-order valence-corrected chi connectivity index (χ3v) is 3.95. The number of fused-ring (bicyclic) bond motifs is 1. The zero-order valence-corrected chi connectivity index (χ0v) is 13.6. The van der Waals surface area contributed by atoms with Gasteiger partial charge >= 0.3 is 6.18 Å². The summed E-state index contributed by atoms with van der Waals surface area (Å²) >= 11 is 0. The molecule has 0 fully saturated rings. The van der Waals surface area contributed by atoms with Gasteiger partial charge in [-0.3, -0.25) is 4.79 Å². The molecule has 0 unspecified atom stereocenters. The van der Waals surface area contributed by atoms with Gasteiger partial charge in [0, 0.05) is 18.1 Å². The number of rotatable bonds is 3. The van der Waals surface area contributed by atoms with E-state index in [1.807, 2.05) is 25.5 Å². The van der Waals surface area contributed by atoms with E-state index in [0.29, 0.717) is 5.75 Å². The number of benzene rings is 1. The Morgan fingerprint density at radius 3 is 2.50 bits per heavy atom. The normalized spacial score (nSPS) is 12.5. The van der Waals surface area contributed by atoms with Crippen LogP contribution in [0, 0.1) is 13.8 Å². The van der Waals surface area contributed by atoms with E-state index < -0.39 is 17.8 Å². The fourth-order valence-electron chi connectivity index (χ4n) is 2.41. The average Bonchev–Trinajstić information content (AvgIpc) is 2.70. The second kappa shape index (κ2) is 6.10. The van der Waals surface area contributed by atoms with Gasteiger partial charge in [-0.2, -0.15) is 13.2 Å². The van der Waals surface area contributed by atoms with Crippen molar-refractivity contribution in [1.82, 2.24) is 4.57 Å². The van der Waals surface area contributed by atoms with Gasteiger partial charge in [-0.1, -0.05) is 0 Å². The summed E-state index contributed by atoms with van der Waals surface area (Å²) in [6, 6.07) is 3.32. The zero-order valence-electron chi connectivity index (χ0n) is 13.6. The van der Waals surface area contributed by atoms with Gasteiger partial charge in [0.1, 0.15) is 5.75 Å². The van der Waals surface area contributed by atoms with Crippen LogP contribution in [-0.2, 0) is 11.8 Å². The number of nitrogens with zero attached hydrogens (tertiary/aromatic N) is 1. The molecule has 0 aliphatic rings. The number of nitrogens with one attached hydrogen (secondary N) is 1. The lowest BCUT2D eigenvalue weighted by molar-refractivity contribution is -0.124. The molecule has 8 heteroatoms. The van der Waals surface area contributed by atoms with Crippen LogP contribution in [0.15, 0.2) is 24.0 Å². The molecule has 0 radical (unpaired) electrons. The van der Waals surface area contributed by atoms with E-state index in [1.54, 1.807) is 12.1 Å². The monoisotopic (exact) mass is 342 g/mol. The number of aliphatic hydroxyl groups excluding tert-OH is 1. The van der Waals surface area contributed by atoms with E-state index >= 15 is 0 Å². The number of hydrogen-bond donors (Lipinski definition) is 2. The fourth-order valence-corrected chi connectivity index (χ4v) is 2.41. The Balaban J connectivity index is 2.45. The van der Waals surface area contributed by atoms with E-state index in [2.05, 4.69) is 5.32 Å². The lowest BCUT2D eigenvalue weighted by Gasteiger charge is -2.11. The second-order valence-corrected chi connectivity index (χ2v) is 5.36. The van der Waals surface area contributed by atoms with Crippen LogP contribution in [0.5, 0.6) is 5.75 Å². The summed E-state index contributed by atoms with van der Waals surface area (Å²) in [5.41, 5.74) is 3.07. The van der Waals surface area contributed by atoms with Crippen molar-refractivity contribution in [2.75, 3.05) is 12.4 Å². The predicted molar refractivity (Wildman–Crippen MR) is 84.3 cm³/mol. The lowest BCUT2D eigenvalue weighted by Crippen LogP contribution is -2.16. The molecular formula is C16H17F3N2O3. The van der Waals surface area contributed by atoms with Crippen molar-refractivity contribution in [1.29, 1.82) is 0 Å². The van der Waals surface area contributed by atoms with Crippen molar-refractivity contribution in [3.63, 3.8) is 0 Å². The average molecular weight is 342 g/mol. The number of aromatic nitrogens is 1. The molecule has 24 heavy (non-hydrogen) atoms. The number of alkyl halides is 3. The first-order valence-corrected chi connectivity index (χ1v) is 6.98. The standard InChI is InChI=1S/C16H17F3N2O3/c1-8-9(2)21(3)12-6-11(13(24-4)5-10(8)12)20-15(23)7-14(22)16(17,18)19/h5-7,22H,1-4H3,(H,20,23). The Labute approximate surface area is 136 Å². The maximum Gasteiger partial charge on any atom is 0.448 e. The van der Waals surface area contributed by atoms with Crippen LogP contribution < -0.4 is 10.1 Å². The molecule has 1 aromatic carbocycles. The molecular weight excluding hydrogens is 325 g/mol. The molecule has 5 nitrogen and oxygen atoms in total. The lowest BCUT2D eigenvalue weighted by atomic mass is 10.1. The molecule has 0 saturated carbocycles. The van der Waals surface area contributed by atoms with Crippen molar-refractivity contribution in [3.05, 3.63) is 35.2 Å². The molecule has 2 N–H and O–H groups in total. The van der Waals surface area contributed by atoms with Crippen LogP contribution in [0.4, 0.5) is 18.9 Å². The van der Waals surface area contributed by atoms with Gasteiger partial charge in [0.25, 0.3) is 5.91 Å². The molecule has 0 atom stereocenters. The Kier molecular flexibility index (Phi) is 4.50. The minimum atomic E-state index is -4.97. The zero-order chi connectivity index (χ0) is 18.2. The minimum Gasteiger partial charge on any atom is -0.504 e. The highest BCUT2D eigenvalue weighted by atomic mass is 19.4. The number of hydrogen-bond acceptors (Lipinski definition) is 3. The highest BCUT2D eigenvalue weighted by Gasteiger charge is 2.34. The number of ether oxygens (including phenoxy) is 1. The van der Waals surface area contributed by atoms with Gasteiger partial charge in [0.15, 0.2) is 0 Å². The Hall–Kier alpha value is -2.64. The van der Waals surface area contributed by atoms with Crippen LogP contribution in [0.25, 0.3) is 10.9 Å². The molecule has 2 rings (SSSR count). The van der Waals surface area contributed by atoms with Crippen molar-refractivity contribution in [3.8, 4) is 5.75 Å². The molecule has 2 aromatic rings. The smallest absolute Gasteiger partial charge is 0.448 e. The molecule has 130 valence electrons. The second-order valence-electron chi connectivity index (χ2n) is 5.36. The van der Waals surface area contributed by atoms with Gasteiger partial charge in [-0.25, -0.2) is 0 Å². The quantitative estimate of drug-likeness (QED) is 0.660. The number of amides is 1. The van der Waals surface area contributed by atoms with E-state index in [4.69, 9.17) is 9.84 Å². The SMILES string of the molecule is COc1cc2c(C)c(C)n(C)c2cc1NC(=O)C=C(O)C(F)(F)F. The van der Waals surface area contributed by atoms with E-state index in [-0.39, 0.29) is 11.8 Å². The first-order chi connectivity index (χ1) is 11.1. The van der Waals surface area contributed by atoms with Crippen LogP contribution in [0.3, 0.4) is 0 Å². The number of methoxy groups -OCH3 is 1. The van der Waals surface area contributed by atoms with E-state index in [1.165, 1.54) is 7.11 Å². The summed E-state index contributed by atoms with van der Waals surface area (Å²) in [6.07, 6.45) is -4.89. The molecule has 1 aromatic heterocycles. The minimum absolute atomic E-state index is 0.0884. The van der Waals surface area contributed by atoms with Crippen LogP contribution in [0.2, 0.25) is 0 Å². The largest absolute Gasteiger partial charge is 0.504 e. The van der Waals surface area contributed by atoms with Crippen molar-refractivity contribution in [2.45, 2.75) is 20.0 Å². The summed E-state index contributed by atoms with van der Waals surface area (Å²) in [4.78, 5) is 11.7. The number of anilines is 1. The first-order valence-electron chi connectivity index (χ1n) is 6.98. The highest BCUT2D eigenvalue weighted by molar-refractivity contribution is 6.03. The number of allylic oxidation sites excluding steroid dienone is 1. The number of carbonyl (C=O) groups is 1. The van der Waals surface area contributed by atoms with Gasteiger partial charge in [-0.15, -0.1) is 0 Å². The summed E-state index contributed by atoms with van der Waals surface area (Å²) < 4.78 is 43.9. The maximum atomic E-state index is 12.3. The highest BCUT2D eigenvalue weighted by Crippen LogP contribution is 2.34. The molecule has 0 aliphatic carbocycles. The van der Waals surface area contributed by atoms with E-state index in [0.717, 1.165) is 22.2 Å². The third kappa shape index (κ3) is 3.17. The Morgan fingerprint density at radius 2 is 1.96 bits per heavy atom. The van der Waals surface area contributed by atoms with E-state index in [9.17, 15) is 18.0 Å². The molecule has 1 amide bonds. The molecule has 0 saturated heterocycles. The fraction of sp³-hybridized carbons (Fsp3) is 0.312. The molecule has 1 heterocycles. The number of aliphatic hydroxyl groups is 1. The summed E-state index contributed by atoms with van der Waals surface area (Å²) in [5, 5.41) is 12.1. The molecule has 0 bridgehead atoms. The van der Waals surface area contributed by atoms with Gasteiger partial charge < -0.3 is 19.7 Å². The van der Waals surface area contributed by atoms with Crippen molar-refractivity contribution < 1.29 is 27.8 Å². The van der Waals surface area contributed by atoms with Crippen molar-refractivity contribution >= 4 is 22.5 Å².